The van der Waals surface area contributed by atoms with E-state index in [2.05, 4.69) is 46.3 Å². The molecule has 6 heteroatoms. The smallest absolute Gasteiger partial charge is 0.235 e. The molecular weight excluding hydrogens is 417 g/mol. The van der Waals surface area contributed by atoms with Gasteiger partial charge in [0.2, 0.25) is 5.91 Å². The highest BCUT2D eigenvalue weighted by atomic mass is 35.5. The van der Waals surface area contributed by atoms with Crippen LogP contribution in [-0.4, -0.2) is 43.5 Å². The number of para-hydroxylation sites is 1. The Morgan fingerprint density at radius 1 is 1.07 bits per heavy atom. The molecule has 4 nitrogen and oxygen atoms in total. The van der Waals surface area contributed by atoms with Gasteiger partial charge in [0.15, 0.2) is 0 Å². The number of carbonyl (C=O) groups is 1. The van der Waals surface area contributed by atoms with Crippen LogP contribution >= 0.6 is 24.0 Å². The molecule has 0 aromatic heterocycles. The van der Waals surface area contributed by atoms with Crippen LogP contribution in [-0.2, 0) is 10.2 Å². The molecule has 1 N–H and O–H groups in total. The van der Waals surface area contributed by atoms with Crippen LogP contribution < -0.4 is 10.2 Å². The summed E-state index contributed by atoms with van der Waals surface area (Å²) in [4.78, 5) is 17.5. The second-order valence-corrected chi connectivity index (χ2v) is 8.31. The van der Waals surface area contributed by atoms with Gasteiger partial charge in [-0.2, -0.15) is 0 Å². The van der Waals surface area contributed by atoms with Crippen LogP contribution in [0.1, 0.15) is 25.3 Å². The van der Waals surface area contributed by atoms with Gasteiger partial charge < -0.3 is 10.2 Å². The van der Waals surface area contributed by atoms with Crippen LogP contribution in [0, 0.1) is 0 Å². The van der Waals surface area contributed by atoms with Crippen molar-refractivity contribution in [3.8, 4) is 0 Å². The number of nitrogens with zero attached hydrogens (tertiary/aromatic N) is 2. The van der Waals surface area contributed by atoms with Gasteiger partial charge in [0.05, 0.1) is 5.41 Å². The van der Waals surface area contributed by atoms with E-state index in [0.29, 0.717) is 0 Å². The van der Waals surface area contributed by atoms with Gasteiger partial charge in [-0.25, -0.2) is 0 Å². The molecule has 1 atom stereocenters. The summed E-state index contributed by atoms with van der Waals surface area (Å²) in [6.45, 7) is 7.08. The van der Waals surface area contributed by atoms with Crippen LogP contribution in [0.15, 0.2) is 60.7 Å². The molecule has 0 bridgehead atoms. The first-order valence-electron chi connectivity index (χ1n) is 10.4. The number of allylic oxidation sites excluding steroid dienone is 1. The van der Waals surface area contributed by atoms with Gasteiger partial charge in [-0.15, -0.1) is 12.4 Å². The number of amides is 1. The van der Waals surface area contributed by atoms with Crippen molar-refractivity contribution in [2.24, 2.45) is 0 Å². The lowest BCUT2D eigenvalue weighted by molar-refractivity contribution is -0.120. The monoisotopic (exact) mass is 445 g/mol. The third-order valence-electron chi connectivity index (χ3n) is 6.27. The second-order valence-electron chi connectivity index (χ2n) is 7.88. The number of piperazine rings is 1. The van der Waals surface area contributed by atoms with E-state index in [0.717, 1.165) is 61.8 Å². The molecule has 2 aromatic rings. The van der Waals surface area contributed by atoms with E-state index in [9.17, 15) is 4.79 Å². The van der Waals surface area contributed by atoms with E-state index < -0.39 is 5.41 Å². The first-order valence-corrected chi connectivity index (χ1v) is 10.8. The number of carbonyl (C=O) groups excluding carboxylic acids is 1. The van der Waals surface area contributed by atoms with Crippen molar-refractivity contribution in [1.82, 2.24) is 4.90 Å². The van der Waals surface area contributed by atoms with Gasteiger partial charge >= 0.3 is 0 Å². The molecule has 0 saturated carbocycles. The minimum absolute atomic E-state index is 0. The zero-order valence-corrected chi connectivity index (χ0v) is 18.9. The fourth-order valence-corrected chi connectivity index (χ4v) is 4.63. The summed E-state index contributed by atoms with van der Waals surface area (Å²) in [5.74, 6) is 0.126. The molecule has 0 radical (unpaired) electrons. The molecule has 1 amide bonds. The summed E-state index contributed by atoms with van der Waals surface area (Å²) >= 11 is 6.12. The summed E-state index contributed by atoms with van der Waals surface area (Å²) in [7, 11) is 0. The molecule has 2 heterocycles. The summed E-state index contributed by atoms with van der Waals surface area (Å²) in [6, 6.07) is 16.2. The fourth-order valence-electron chi connectivity index (χ4n) is 4.44. The van der Waals surface area contributed by atoms with E-state index in [1.165, 1.54) is 5.69 Å². The van der Waals surface area contributed by atoms with Crippen molar-refractivity contribution in [2.45, 2.75) is 25.2 Å². The molecule has 160 valence electrons. The Labute approximate surface area is 190 Å². The molecule has 0 aliphatic carbocycles. The standard InChI is InChI=1S/C24H28ClN3O.ClH/c1-2-24(21-10-3-4-11-22(21)26-23(24)29)12-5-6-13-27-14-16-28(17-15-27)20-9-7-8-19(25)18-20;/h3-11,18H,2,12-17H2,1H3,(H,26,29);1H. The van der Waals surface area contributed by atoms with E-state index in [-0.39, 0.29) is 18.3 Å². The average Bonchev–Trinajstić information content (AvgIpc) is 3.03. The Bertz CT molecular complexity index is 909. The molecule has 0 spiro atoms. The van der Waals surface area contributed by atoms with Crippen LogP contribution in [0.5, 0.6) is 0 Å². The number of hydrogen-bond donors (Lipinski definition) is 1. The number of fused-ring (bicyclic) bond motifs is 1. The van der Waals surface area contributed by atoms with Crippen molar-refractivity contribution in [2.75, 3.05) is 42.9 Å². The number of rotatable bonds is 6. The lowest BCUT2D eigenvalue weighted by atomic mass is 9.76. The predicted molar refractivity (Wildman–Crippen MR) is 128 cm³/mol. The summed E-state index contributed by atoms with van der Waals surface area (Å²) in [6.07, 6.45) is 5.96. The van der Waals surface area contributed by atoms with Crippen molar-refractivity contribution < 1.29 is 4.79 Å². The van der Waals surface area contributed by atoms with Crippen molar-refractivity contribution in [3.05, 3.63) is 71.3 Å². The fraction of sp³-hybridized carbons (Fsp3) is 0.375. The van der Waals surface area contributed by atoms with Crippen LogP contribution in [0.25, 0.3) is 0 Å². The lowest BCUT2D eigenvalue weighted by Gasteiger charge is -2.35. The van der Waals surface area contributed by atoms with E-state index in [4.69, 9.17) is 11.6 Å². The lowest BCUT2D eigenvalue weighted by Crippen LogP contribution is -2.46. The van der Waals surface area contributed by atoms with Gasteiger partial charge in [-0.05, 0) is 42.7 Å². The quantitative estimate of drug-likeness (QED) is 0.625. The molecule has 2 aliphatic heterocycles. The van der Waals surface area contributed by atoms with Gasteiger partial charge in [0, 0.05) is 49.1 Å². The van der Waals surface area contributed by atoms with E-state index >= 15 is 0 Å². The van der Waals surface area contributed by atoms with Crippen molar-refractivity contribution in [3.63, 3.8) is 0 Å². The molecule has 4 rings (SSSR count). The highest BCUT2D eigenvalue weighted by Gasteiger charge is 2.44. The topological polar surface area (TPSA) is 35.6 Å². The van der Waals surface area contributed by atoms with Gasteiger partial charge in [0.1, 0.15) is 0 Å². The minimum Gasteiger partial charge on any atom is -0.369 e. The summed E-state index contributed by atoms with van der Waals surface area (Å²) in [5.41, 5.74) is 2.86. The largest absolute Gasteiger partial charge is 0.369 e. The van der Waals surface area contributed by atoms with Crippen LogP contribution in [0.4, 0.5) is 11.4 Å². The Morgan fingerprint density at radius 2 is 1.83 bits per heavy atom. The van der Waals surface area contributed by atoms with Crippen LogP contribution in [0.2, 0.25) is 5.02 Å². The number of hydrogen-bond acceptors (Lipinski definition) is 3. The Morgan fingerprint density at radius 3 is 2.57 bits per heavy atom. The highest BCUT2D eigenvalue weighted by molar-refractivity contribution is 6.30. The SMILES string of the molecule is CCC1(CC=CCN2CCN(c3cccc(Cl)c3)CC2)C(=O)Nc2ccccc21.Cl. The predicted octanol–water partition coefficient (Wildman–Crippen LogP) is 5.13. The Kier molecular flexibility index (Phi) is 7.45. The first kappa shape index (κ1) is 22.7. The van der Waals surface area contributed by atoms with E-state index in [1.807, 2.05) is 36.4 Å². The molecule has 1 saturated heterocycles. The third kappa shape index (κ3) is 4.51. The van der Waals surface area contributed by atoms with Gasteiger partial charge in [0.25, 0.3) is 0 Å². The zero-order valence-electron chi connectivity index (χ0n) is 17.3. The maximum absolute atomic E-state index is 12.7. The number of halogens is 2. The van der Waals surface area contributed by atoms with Gasteiger partial charge in [-0.1, -0.05) is 54.9 Å². The van der Waals surface area contributed by atoms with Crippen LogP contribution in [0.3, 0.4) is 0 Å². The number of nitrogens with one attached hydrogen (secondary N) is 1. The van der Waals surface area contributed by atoms with Crippen molar-refractivity contribution >= 4 is 41.3 Å². The maximum Gasteiger partial charge on any atom is 0.235 e. The van der Waals surface area contributed by atoms with Gasteiger partial charge in [-0.3, -0.25) is 9.69 Å². The summed E-state index contributed by atoms with van der Waals surface area (Å²) < 4.78 is 0. The van der Waals surface area contributed by atoms with E-state index in [1.54, 1.807) is 0 Å². The number of benzene rings is 2. The molecule has 1 fully saturated rings. The average molecular weight is 446 g/mol. The molecule has 1 unspecified atom stereocenters. The molecule has 2 aliphatic rings. The summed E-state index contributed by atoms with van der Waals surface area (Å²) in [5, 5.41) is 3.84. The molecular formula is C24H29Cl2N3O. The second kappa shape index (κ2) is 9.86. The normalized spacial score (nSPS) is 21.4. The first-order chi connectivity index (χ1) is 14.1. The number of anilines is 2. The Balaban J connectivity index is 0.00000256. The third-order valence-corrected chi connectivity index (χ3v) is 6.51. The maximum atomic E-state index is 12.7. The zero-order chi connectivity index (χ0) is 20.3. The minimum atomic E-state index is -0.432. The molecule has 30 heavy (non-hydrogen) atoms. The Hall–Kier alpha value is -2.01. The highest BCUT2D eigenvalue weighted by Crippen LogP contribution is 2.42. The van der Waals surface area contributed by atoms with Crippen molar-refractivity contribution in [1.29, 1.82) is 0 Å². The molecule has 2 aromatic carbocycles.